The normalized spacial score (nSPS) is 25.9. The molecule has 0 aliphatic carbocycles. The molecule has 0 radical (unpaired) electrons. The van der Waals surface area contributed by atoms with Crippen LogP contribution < -0.4 is 4.74 Å². The van der Waals surface area contributed by atoms with Gasteiger partial charge < -0.3 is 14.4 Å². The van der Waals surface area contributed by atoms with Crippen molar-refractivity contribution in [3.63, 3.8) is 0 Å². The van der Waals surface area contributed by atoms with E-state index in [9.17, 15) is 4.79 Å². The lowest BCUT2D eigenvalue weighted by atomic mass is 9.73. The van der Waals surface area contributed by atoms with Crippen LogP contribution in [-0.4, -0.2) is 59.7 Å². The summed E-state index contributed by atoms with van der Waals surface area (Å²) in [5.41, 5.74) is 1.52. The molecule has 0 spiro atoms. The fraction of sp³-hybridized carbons (Fsp3) is 0.538. The summed E-state index contributed by atoms with van der Waals surface area (Å²) < 4.78 is 11.8. The summed E-state index contributed by atoms with van der Waals surface area (Å²) in [5.74, 6) is 1.84. The van der Waals surface area contributed by atoms with E-state index in [2.05, 4.69) is 22.5 Å². The van der Waals surface area contributed by atoms with Gasteiger partial charge in [0.2, 0.25) is 0 Å². The quantitative estimate of drug-likeness (QED) is 0.613. The zero-order valence-corrected chi connectivity index (χ0v) is 19.9. The van der Waals surface area contributed by atoms with E-state index in [4.69, 9.17) is 9.47 Å². The van der Waals surface area contributed by atoms with Crippen LogP contribution in [0.3, 0.4) is 0 Å². The molecule has 0 N–H and O–H groups in total. The lowest BCUT2D eigenvalue weighted by Crippen LogP contribution is -2.56. The van der Waals surface area contributed by atoms with Crippen molar-refractivity contribution in [2.24, 2.45) is 11.8 Å². The standard InChI is InChI=1S/C26H35N3O3/c1-7-17-16-29-13-11-18(17)14-23(29)24(32-25(30)28(5)26(2,3)4)20-10-12-27-22-9-8-19(31-6)15-21(20)22/h7-10,12,15,17-18,23-24H,1,11,13-14,16H2,2-6H3/t17-,18-,23-,24+/m0/s1. The third-order valence-electron chi connectivity index (χ3n) is 7.30. The summed E-state index contributed by atoms with van der Waals surface area (Å²) >= 11 is 0. The van der Waals surface area contributed by atoms with Gasteiger partial charge in [-0.15, -0.1) is 6.58 Å². The Hall–Kier alpha value is -2.60. The maximum absolute atomic E-state index is 13.2. The molecule has 1 aromatic heterocycles. The van der Waals surface area contributed by atoms with E-state index in [1.54, 1.807) is 25.3 Å². The molecule has 3 aliphatic rings. The fourth-order valence-corrected chi connectivity index (χ4v) is 5.02. The Morgan fingerprint density at radius 3 is 2.75 bits per heavy atom. The Morgan fingerprint density at radius 1 is 1.34 bits per heavy atom. The van der Waals surface area contributed by atoms with Gasteiger partial charge in [-0.2, -0.15) is 0 Å². The van der Waals surface area contributed by atoms with Crippen LogP contribution >= 0.6 is 0 Å². The van der Waals surface area contributed by atoms with E-state index < -0.39 is 6.10 Å². The minimum atomic E-state index is -0.390. The van der Waals surface area contributed by atoms with Crippen molar-refractivity contribution in [3.8, 4) is 5.75 Å². The molecule has 1 unspecified atom stereocenters. The topological polar surface area (TPSA) is 54.9 Å². The molecule has 1 amide bonds. The van der Waals surface area contributed by atoms with E-state index in [0.29, 0.717) is 11.8 Å². The second kappa shape index (κ2) is 8.74. The molecule has 5 rings (SSSR count). The monoisotopic (exact) mass is 437 g/mol. The van der Waals surface area contributed by atoms with Crippen LogP contribution in [0.25, 0.3) is 10.9 Å². The zero-order valence-electron chi connectivity index (χ0n) is 19.9. The van der Waals surface area contributed by atoms with Crippen LogP contribution in [0.5, 0.6) is 5.75 Å². The van der Waals surface area contributed by atoms with Crippen LogP contribution in [0.4, 0.5) is 4.79 Å². The van der Waals surface area contributed by atoms with Gasteiger partial charge in [0.05, 0.1) is 18.7 Å². The molecule has 4 heterocycles. The average Bonchev–Trinajstić information content (AvgIpc) is 2.80. The number of aromatic nitrogens is 1. The second-order valence-electron chi connectivity index (χ2n) is 10.1. The van der Waals surface area contributed by atoms with Crippen molar-refractivity contribution >= 4 is 17.0 Å². The van der Waals surface area contributed by atoms with Crippen LogP contribution in [0.15, 0.2) is 43.1 Å². The van der Waals surface area contributed by atoms with Crippen molar-refractivity contribution in [1.29, 1.82) is 0 Å². The van der Waals surface area contributed by atoms with Gasteiger partial charge in [-0.05, 0) is 76.3 Å². The van der Waals surface area contributed by atoms with Gasteiger partial charge in [0.15, 0.2) is 0 Å². The average molecular weight is 438 g/mol. The number of hydrogen-bond acceptors (Lipinski definition) is 5. The number of amides is 1. The second-order valence-corrected chi connectivity index (χ2v) is 10.1. The van der Waals surface area contributed by atoms with Crippen LogP contribution in [-0.2, 0) is 4.74 Å². The Balaban J connectivity index is 1.76. The maximum Gasteiger partial charge on any atom is 0.410 e. The first-order valence-corrected chi connectivity index (χ1v) is 11.5. The number of fused-ring (bicyclic) bond motifs is 4. The van der Waals surface area contributed by atoms with Gasteiger partial charge >= 0.3 is 6.09 Å². The SMILES string of the molecule is C=C[C@H]1CN2CC[C@H]1C[C@H]2[C@H](OC(=O)N(C)C(C)(C)C)c1ccnc2ccc(OC)cc12. The van der Waals surface area contributed by atoms with E-state index >= 15 is 0 Å². The molecule has 2 aromatic rings. The third kappa shape index (κ3) is 4.20. The first-order valence-electron chi connectivity index (χ1n) is 11.5. The molecule has 3 saturated heterocycles. The van der Waals surface area contributed by atoms with Gasteiger partial charge in [0, 0.05) is 36.3 Å². The smallest absolute Gasteiger partial charge is 0.410 e. The Morgan fingerprint density at radius 2 is 2.12 bits per heavy atom. The summed E-state index contributed by atoms with van der Waals surface area (Å²) in [6, 6.07) is 7.98. The highest BCUT2D eigenvalue weighted by atomic mass is 16.6. The molecular weight excluding hydrogens is 402 g/mol. The predicted molar refractivity (Wildman–Crippen MR) is 127 cm³/mol. The molecule has 3 aliphatic heterocycles. The highest BCUT2D eigenvalue weighted by Crippen LogP contribution is 2.44. The molecule has 1 aromatic carbocycles. The number of piperidine rings is 3. The van der Waals surface area contributed by atoms with Gasteiger partial charge in [-0.3, -0.25) is 9.88 Å². The highest BCUT2D eigenvalue weighted by Gasteiger charge is 2.44. The van der Waals surface area contributed by atoms with E-state index in [1.807, 2.05) is 45.0 Å². The molecule has 6 nitrogen and oxygen atoms in total. The number of ether oxygens (including phenoxy) is 2. The molecule has 3 fully saturated rings. The summed E-state index contributed by atoms with van der Waals surface area (Å²) in [6.07, 6.45) is 5.36. The maximum atomic E-state index is 13.2. The van der Waals surface area contributed by atoms with Crippen LogP contribution in [0.1, 0.15) is 45.3 Å². The zero-order chi connectivity index (χ0) is 23.0. The van der Waals surface area contributed by atoms with Crippen molar-refractivity contribution < 1.29 is 14.3 Å². The number of methoxy groups -OCH3 is 1. The number of pyridine rings is 1. The largest absolute Gasteiger partial charge is 0.497 e. The van der Waals surface area contributed by atoms with Gasteiger partial charge in [0.1, 0.15) is 11.9 Å². The van der Waals surface area contributed by atoms with Gasteiger partial charge in [-0.25, -0.2) is 4.79 Å². The summed E-state index contributed by atoms with van der Waals surface area (Å²) in [6.45, 7) is 12.1. The molecular formula is C26H35N3O3. The summed E-state index contributed by atoms with van der Waals surface area (Å²) in [7, 11) is 3.46. The first kappa shape index (κ1) is 22.6. The summed E-state index contributed by atoms with van der Waals surface area (Å²) in [5, 5.41) is 0.964. The number of nitrogens with zero attached hydrogens (tertiary/aromatic N) is 3. The Kier molecular flexibility index (Phi) is 6.17. The van der Waals surface area contributed by atoms with E-state index in [1.165, 1.54) is 6.42 Å². The lowest BCUT2D eigenvalue weighted by molar-refractivity contribution is -0.0585. The predicted octanol–water partition coefficient (Wildman–Crippen LogP) is 5.05. The third-order valence-corrected chi connectivity index (χ3v) is 7.30. The highest BCUT2D eigenvalue weighted by molar-refractivity contribution is 5.84. The minimum Gasteiger partial charge on any atom is -0.497 e. The Bertz CT molecular complexity index is 999. The van der Waals surface area contributed by atoms with E-state index in [0.717, 1.165) is 41.7 Å². The number of carbonyl (C=O) groups is 1. The van der Waals surface area contributed by atoms with Crippen molar-refractivity contribution in [1.82, 2.24) is 14.8 Å². The minimum absolute atomic E-state index is 0.124. The van der Waals surface area contributed by atoms with Crippen molar-refractivity contribution in [2.75, 3.05) is 27.2 Å². The Labute approximate surface area is 191 Å². The number of carbonyl (C=O) groups excluding carboxylic acids is 1. The van der Waals surface area contributed by atoms with Crippen molar-refractivity contribution in [2.45, 2.75) is 51.3 Å². The molecule has 2 bridgehead atoms. The lowest BCUT2D eigenvalue weighted by Gasteiger charge is -2.51. The molecule has 6 heteroatoms. The van der Waals surface area contributed by atoms with Gasteiger partial charge in [-0.1, -0.05) is 6.08 Å². The molecule has 0 saturated carbocycles. The van der Waals surface area contributed by atoms with Gasteiger partial charge in [0.25, 0.3) is 0 Å². The molecule has 32 heavy (non-hydrogen) atoms. The van der Waals surface area contributed by atoms with E-state index in [-0.39, 0.29) is 17.7 Å². The molecule has 172 valence electrons. The van der Waals surface area contributed by atoms with Crippen LogP contribution in [0, 0.1) is 11.8 Å². The number of rotatable bonds is 5. The number of benzene rings is 1. The first-order chi connectivity index (χ1) is 15.2. The fourth-order valence-electron chi connectivity index (χ4n) is 5.02. The summed E-state index contributed by atoms with van der Waals surface area (Å²) in [4.78, 5) is 21.9. The molecule has 5 atom stereocenters. The van der Waals surface area contributed by atoms with Crippen LogP contribution in [0.2, 0.25) is 0 Å². The number of hydrogen-bond donors (Lipinski definition) is 0. The van der Waals surface area contributed by atoms with Crippen molar-refractivity contribution in [3.05, 3.63) is 48.7 Å².